The lowest BCUT2D eigenvalue weighted by molar-refractivity contribution is -0.151. The molecule has 0 spiro atoms. The first kappa shape index (κ1) is 19.4. The van der Waals surface area contributed by atoms with Crippen LogP contribution in [0.5, 0.6) is 0 Å². The third kappa shape index (κ3) is 3.68. The fraction of sp³-hybridized carbons (Fsp3) is 0.375. The van der Waals surface area contributed by atoms with Gasteiger partial charge in [-0.2, -0.15) is 8.78 Å². The molecule has 0 radical (unpaired) electrons. The number of fused-ring (bicyclic) bond motifs is 1. The number of anilines is 1. The van der Waals surface area contributed by atoms with Gasteiger partial charge in [0.25, 0.3) is 0 Å². The van der Waals surface area contributed by atoms with Crippen LogP contribution in [0.3, 0.4) is 0 Å². The van der Waals surface area contributed by atoms with Crippen molar-refractivity contribution in [2.45, 2.75) is 30.8 Å². The first-order chi connectivity index (χ1) is 12.2. The van der Waals surface area contributed by atoms with Gasteiger partial charge in [-0.05, 0) is 11.6 Å². The van der Waals surface area contributed by atoms with E-state index >= 15 is 0 Å². The highest BCUT2D eigenvalue weighted by molar-refractivity contribution is 6.05. The number of rotatable bonds is 8. The van der Waals surface area contributed by atoms with E-state index in [1.54, 1.807) is 17.4 Å². The molecule has 2 rings (SSSR count). The quantitative estimate of drug-likeness (QED) is 0.654. The maximum atomic E-state index is 14.1. The molecule has 1 heterocycles. The van der Waals surface area contributed by atoms with Crippen LogP contribution >= 0.6 is 0 Å². The predicted molar refractivity (Wildman–Crippen MR) is 82.6 cm³/mol. The SMILES string of the molecule is O=CNC(CF)C(=O)C(F)(F)CC(=O)N1c2ccccc2CC1C(=O)O. The Labute approximate surface area is 145 Å². The zero-order valence-electron chi connectivity index (χ0n) is 13.3. The molecule has 140 valence electrons. The van der Waals surface area contributed by atoms with Crippen molar-refractivity contribution in [2.24, 2.45) is 0 Å². The van der Waals surface area contributed by atoms with Crippen molar-refractivity contribution in [2.75, 3.05) is 11.6 Å². The number of hydrogen-bond donors (Lipinski definition) is 2. The fourth-order valence-electron chi connectivity index (χ4n) is 2.78. The summed E-state index contributed by atoms with van der Waals surface area (Å²) in [5, 5.41) is 10.9. The molecule has 1 aliphatic heterocycles. The minimum absolute atomic E-state index is 0.0590. The minimum Gasteiger partial charge on any atom is -0.480 e. The Hall–Kier alpha value is -2.91. The van der Waals surface area contributed by atoms with Crippen molar-refractivity contribution in [1.29, 1.82) is 0 Å². The fourth-order valence-corrected chi connectivity index (χ4v) is 2.78. The smallest absolute Gasteiger partial charge is 0.327 e. The second-order valence-corrected chi connectivity index (χ2v) is 5.69. The van der Waals surface area contributed by atoms with Gasteiger partial charge >= 0.3 is 11.9 Å². The summed E-state index contributed by atoms with van der Waals surface area (Å²) < 4.78 is 40.9. The van der Waals surface area contributed by atoms with Crippen molar-refractivity contribution in [3.63, 3.8) is 0 Å². The van der Waals surface area contributed by atoms with Gasteiger partial charge in [-0.1, -0.05) is 18.2 Å². The number of alkyl halides is 3. The van der Waals surface area contributed by atoms with Gasteiger partial charge in [0.1, 0.15) is 18.8 Å². The largest absolute Gasteiger partial charge is 0.480 e. The van der Waals surface area contributed by atoms with Crippen LogP contribution in [-0.2, 0) is 25.6 Å². The normalized spacial score (nSPS) is 17.3. The molecule has 2 N–H and O–H groups in total. The molecular formula is C16H15F3N2O5. The highest BCUT2D eigenvalue weighted by atomic mass is 19.3. The lowest BCUT2D eigenvalue weighted by Gasteiger charge is -2.26. The van der Waals surface area contributed by atoms with Crippen molar-refractivity contribution < 1.29 is 37.5 Å². The highest BCUT2D eigenvalue weighted by Crippen LogP contribution is 2.34. The standard InChI is InChI=1S/C16H15F3N2O5/c17-7-10(20-8-22)14(24)16(18,19)6-13(23)21-11-4-2-1-3-9(11)5-12(21)15(25)26/h1-4,8,10,12H,5-7H2,(H,20,22)(H,25,26). The summed E-state index contributed by atoms with van der Waals surface area (Å²) in [7, 11) is 0. The zero-order valence-corrected chi connectivity index (χ0v) is 13.3. The number of carbonyl (C=O) groups is 4. The number of carboxylic acids is 1. The van der Waals surface area contributed by atoms with Crippen LogP contribution < -0.4 is 10.2 Å². The summed E-state index contributed by atoms with van der Waals surface area (Å²) in [6.45, 7) is -1.56. The van der Waals surface area contributed by atoms with Crippen LogP contribution in [0, 0.1) is 0 Å². The molecule has 1 aromatic carbocycles. The third-order valence-electron chi connectivity index (χ3n) is 4.00. The molecule has 0 aromatic heterocycles. The second-order valence-electron chi connectivity index (χ2n) is 5.69. The van der Waals surface area contributed by atoms with Gasteiger partial charge in [0.05, 0.1) is 6.42 Å². The Kier molecular flexibility index (Phi) is 5.63. The van der Waals surface area contributed by atoms with Gasteiger partial charge < -0.3 is 10.4 Å². The van der Waals surface area contributed by atoms with Crippen molar-refractivity contribution in [3.8, 4) is 0 Å². The number of hydrogen-bond acceptors (Lipinski definition) is 4. The van der Waals surface area contributed by atoms with Gasteiger partial charge in [0.15, 0.2) is 0 Å². The topological polar surface area (TPSA) is 104 Å². The van der Waals surface area contributed by atoms with Crippen LogP contribution in [0.2, 0.25) is 0 Å². The molecule has 0 aliphatic carbocycles. The first-order valence-corrected chi connectivity index (χ1v) is 7.53. The molecule has 1 aliphatic rings. The maximum absolute atomic E-state index is 14.1. The minimum atomic E-state index is -4.27. The Balaban J connectivity index is 2.25. The molecule has 7 nitrogen and oxygen atoms in total. The van der Waals surface area contributed by atoms with Crippen LogP contribution in [0.15, 0.2) is 24.3 Å². The van der Waals surface area contributed by atoms with Crippen molar-refractivity contribution in [1.82, 2.24) is 5.32 Å². The van der Waals surface area contributed by atoms with Gasteiger partial charge in [-0.3, -0.25) is 19.3 Å². The summed E-state index contributed by atoms with van der Waals surface area (Å²) in [6.07, 6.45) is -1.80. The number of halogens is 3. The summed E-state index contributed by atoms with van der Waals surface area (Å²) in [5.74, 6) is -8.90. The van der Waals surface area contributed by atoms with Crippen molar-refractivity contribution in [3.05, 3.63) is 29.8 Å². The molecule has 0 bridgehead atoms. The number of ketones is 1. The number of para-hydroxylation sites is 1. The van der Waals surface area contributed by atoms with E-state index in [2.05, 4.69) is 0 Å². The predicted octanol–water partition coefficient (Wildman–Crippen LogP) is 0.707. The first-order valence-electron chi connectivity index (χ1n) is 7.53. The third-order valence-corrected chi connectivity index (χ3v) is 4.00. The second kappa shape index (κ2) is 7.54. The number of aliphatic carboxylic acids is 1. The lowest BCUT2D eigenvalue weighted by Crippen LogP contribution is -2.50. The number of Topliss-reactive ketones (excluding diaryl/α,β-unsaturated/α-hetero) is 1. The summed E-state index contributed by atoms with van der Waals surface area (Å²) in [6, 6.07) is 2.64. The van der Waals surface area contributed by atoms with Crippen LogP contribution in [0.1, 0.15) is 12.0 Å². The molecule has 0 fully saturated rings. The number of carboxylic acid groups (broad SMARTS) is 1. The van der Waals surface area contributed by atoms with Gasteiger partial charge in [-0.15, -0.1) is 0 Å². The highest BCUT2D eigenvalue weighted by Gasteiger charge is 2.48. The van der Waals surface area contributed by atoms with Crippen LogP contribution in [0.25, 0.3) is 0 Å². The molecule has 0 saturated heterocycles. The van der Waals surface area contributed by atoms with E-state index in [4.69, 9.17) is 0 Å². The molecular weight excluding hydrogens is 357 g/mol. The average molecular weight is 372 g/mol. The van der Waals surface area contributed by atoms with E-state index in [1.165, 1.54) is 12.1 Å². The number of amides is 2. The van der Waals surface area contributed by atoms with Gasteiger partial charge in [0.2, 0.25) is 18.1 Å². The van der Waals surface area contributed by atoms with E-state index in [0.29, 0.717) is 10.5 Å². The monoisotopic (exact) mass is 372 g/mol. The number of nitrogens with zero attached hydrogens (tertiary/aromatic N) is 1. The number of carbonyl (C=O) groups excluding carboxylic acids is 3. The Morgan fingerprint density at radius 1 is 1.35 bits per heavy atom. The zero-order chi connectivity index (χ0) is 19.5. The average Bonchev–Trinajstić information content (AvgIpc) is 2.98. The van der Waals surface area contributed by atoms with Gasteiger partial charge in [-0.25, -0.2) is 9.18 Å². The Morgan fingerprint density at radius 2 is 2.00 bits per heavy atom. The van der Waals surface area contributed by atoms with Gasteiger partial charge in [0, 0.05) is 12.1 Å². The van der Waals surface area contributed by atoms with E-state index in [1.807, 2.05) is 0 Å². The molecule has 2 unspecified atom stereocenters. The molecule has 1 aromatic rings. The molecule has 0 saturated carbocycles. The molecule has 2 amide bonds. The van der Waals surface area contributed by atoms with E-state index in [0.717, 1.165) is 0 Å². The van der Waals surface area contributed by atoms with E-state index in [-0.39, 0.29) is 18.5 Å². The molecule has 2 atom stereocenters. The molecule has 10 heteroatoms. The molecule has 26 heavy (non-hydrogen) atoms. The summed E-state index contributed by atoms with van der Waals surface area (Å²) >= 11 is 0. The number of nitrogens with one attached hydrogen (secondary N) is 1. The van der Waals surface area contributed by atoms with Crippen LogP contribution in [-0.4, -0.2) is 53.9 Å². The Bertz CT molecular complexity index is 740. The Morgan fingerprint density at radius 3 is 2.58 bits per heavy atom. The summed E-state index contributed by atoms with van der Waals surface area (Å²) in [4.78, 5) is 46.4. The summed E-state index contributed by atoms with van der Waals surface area (Å²) in [5.41, 5.74) is 0.661. The lowest BCUT2D eigenvalue weighted by atomic mass is 10.0. The van der Waals surface area contributed by atoms with Crippen LogP contribution in [0.4, 0.5) is 18.9 Å². The van der Waals surface area contributed by atoms with Crippen molar-refractivity contribution >= 4 is 29.8 Å². The number of benzene rings is 1. The van der Waals surface area contributed by atoms with E-state index in [9.17, 15) is 37.5 Å². The van der Waals surface area contributed by atoms with E-state index < -0.39 is 48.8 Å². The maximum Gasteiger partial charge on any atom is 0.327 e.